The summed E-state index contributed by atoms with van der Waals surface area (Å²) in [6.07, 6.45) is 0.888. The highest BCUT2D eigenvalue weighted by Crippen LogP contribution is 2.23. The molecular weight excluding hydrogens is 310 g/mol. The highest BCUT2D eigenvalue weighted by molar-refractivity contribution is 7.14. The van der Waals surface area contributed by atoms with Crippen molar-refractivity contribution in [2.75, 3.05) is 6.61 Å². The smallest absolute Gasteiger partial charge is 0.348 e. The Bertz CT molecular complexity index is 679. The molecule has 0 spiro atoms. The molecular formula is C18H21NO3S. The fourth-order valence-corrected chi connectivity index (χ4v) is 3.29. The second-order valence-corrected chi connectivity index (χ2v) is 6.48. The first-order chi connectivity index (χ1) is 11.0. The Morgan fingerprint density at radius 2 is 1.96 bits per heavy atom. The normalized spacial score (nSPS) is 11.8. The van der Waals surface area contributed by atoms with Crippen molar-refractivity contribution in [3.63, 3.8) is 0 Å². The third-order valence-corrected chi connectivity index (χ3v) is 4.92. The van der Waals surface area contributed by atoms with Crippen LogP contribution < -0.4 is 5.32 Å². The maximum absolute atomic E-state index is 12.0. The lowest BCUT2D eigenvalue weighted by molar-refractivity contribution is -0.124. The highest BCUT2D eigenvalue weighted by Gasteiger charge is 2.15. The molecule has 1 heterocycles. The van der Waals surface area contributed by atoms with Gasteiger partial charge in [-0.25, -0.2) is 4.79 Å². The molecule has 0 aliphatic carbocycles. The molecule has 5 heteroatoms. The Balaban J connectivity index is 1.85. The van der Waals surface area contributed by atoms with Gasteiger partial charge >= 0.3 is 5.97 Å². The molecule has 122 valence electrons. The molecule has 1 atom stereocenters. The molecule has 1 amide bonds. The molecule has 1 N–H and O–H groups in total. The van der Waals surface area contributed by atoms with Gasteiger partial charge in [0.25, 0.3) is 5.91 Å². The monoisotopic (exact) mass is 331 g/mol. The number of rotatable bonds is 6. The van der Waals surface area contributed by atoms with E-state index in [1.165, 1.54) is 16.2 Å². The van der Waals surface area contributed by atoms with Gasteiger partial charge < -0.3 is 10.1 Å². The van der Waals surface area contributed by atoms with Crippen LogP contribution in [0.1, 0.15) is 45.6 Å². The summed E-state index contributed by atoms with van der Waals surface area (Å²) in [7, 11) is 0. The van der Waals surface area contributed by atoms with Crippen LogP contribution in [0.4, 0.5) is 0 Å². The SMILES string of the molecule is CCc1sc(C(=O)OCC(=O)NC(C)c2ccccc2)cc1C. The summed E-state index contributed by atoms with van der Waals surface area (Å²) in [5.74, 6) is -0.751. The second-order valence-electron chi connectivity index (χ2n) is 5.35. The van der Waals surface area contributed by atoms with Gasteiger partial charge in [-0.3, -0.25) is 4.79 Å². The predicted octanol–water partition coefficient (Wildman–Crippen LogP) is 3.65. The Morgan fingerprint density at radius 1 is 1.26 bits per heavy atom. The number of benzene rings is 1. The maximum atomic E-state index is 12.0. The molecule has 0 aliphatic rings. The molecule has 1 unspecified atom stereocenters. The standard InChI is InChI=1S/C18H21NO3S/c1-4-15-12(2)10-16(23-15)18(21)22-11-17(20)19-13(3)14-8-6-5-7-9-14/h5-10,13H,4,11H2,1-3H3,(H,19,20). The minimum Gasteiger partial charge on any atom is -0.451 e. The van der Waals surface area contributed by atoms with Crippen LogP contribution in [-0.2, 0) is 16.0 Å². The largest absolute Gasteiger partial charge is 0.451 e. The number of aryl methyl sites for hydroxylation is 2. The molecule has 4 nitrogen and oxygen atoms in total. The summed E-state index contributed by atoms with van der Waals surface area (Å²) in [5, 5.41) is 2.82. The number of hydrogen-bond acceptors (Lipinski definition) is 4. The lowest BCUT2D eigenvalue weighted by atomic mass is 10.1. The molecule has 23 heavy (non-hydrogen) atoms. The zero-order chi connectivity index (χ0) is 16.8. The van der Waals surface area contributed by atoms with E-state index in [1.54, 1.807) is 0 Å². The van der Waals surface area contributed by atoms with E-state index in [9.17, 15) is 9.59 Å². The van der Waals surface area contributed by atoms with Crippen LogP contribution in [0.2, 0.25) is 0 Å². The second kappa shape index (κ2) is 7.92. The molecule has 1 aromatic heterocycles. The van der Waals surface area contributed by atoms with Crippen molar-refractivity contribution in [2.45, 2.75) is 33.2 Å². The van der Waals surface area contributed by atoms with Crippen molar-refractivity contribution in [2.24, 2.45) is 0 Å². The van der Waals surface area contributed by atoms with Gasteiger partial charge in [0.2, 0.25) is 0 Å². The van der Waals surface area contributed by atoms with Crippen LogP contribution in [0.3, 0.4) is 0 Å². The number of amides is 1. The molecule has 0 bridgehead atoms. The number of esters is 1. The summed E-state index contributed by atoms with van der Waals surface area (Å²) >= 11 is 1.42. The van der Waals surface area contributed by atoms with Gasteiger partial charge in [-0.1, -0.05) is 37.3 Å². The van der Waals surface area contributed by atoms with Crippen molar-refractivity contribution in [3.05, 3.63) is 57.3 Å². The van der Waals surface area contributed by atoms with Crippen molar-refractivity contribution in [1.29, 1.82) is 0 Å². The first-order valence-electron chi connectivity index (χ1n) is 7.62. The topological polar surface area (TPSA) is 55.4 Å². The fraction of sp³-hybridized carbons (Fsp3) is 0.333. The van der Waals surface area contributed by atoms with Crippen LogP contribution in [0.15, 0.2) is 36.4 Å². The Kier molecular flexibility index (Phi) is 5.93. The zero-order valence-corrected chi connectivity index (χ0v) is 14.4. The number of carbonyl (C=O) groups excluding carboxylic acids is 2. The third kappa shape index (κ3) is 4.66. The van der Waals surface area contributed by atoms with E-state index in [-0.39, 0.29) is 18.6 Å². The molecule has 0 aliphatic heterocycles. The summed E-state index contributed by atoms with van der Waals surface area (Å²) < 4.78 is 5.10. The maximum Gasteiger partial charge on any atom is 0.348 e. The van der Waals surface area contributed by atoms with E-state index >= 15 is 0 Å². The summed E-state index contributed by atoms with van der Waals surface area (Å²) in [5.41, 5.74) is 2.10. The average molecular weight is 331 g/mol. The van der Waals surface area contributed by atoms with E-state index in [1.807, 2.05) is 57.2 Å². The van der Waals surface area contributed by atoms with Gasteiger partial charge in [0.15, 0.2) is 6.61 Å². The van der Waals surface area contributed by atoms with Crippen molar-refractivity contribution in [3.8, 4) is 0 Å². The number of hydrogen-bond donors (Lipinski definition) is 1. The Morgan fingerprint density at radius 3 is 2.57 bits per heavy atom. The van der Waals surface area contributed by atoms with Gasteiger partial charge in [-0.15, -0.1) is 11.3 Å². The molecule has 2 rings (SSSR count). The lowest BCUT2D eigenvalue weighted by Crippen LogP contribution is -2.31. The van der Waals surface area contributed by atoms with Gasteiger partial charge in [-0.2, -0.15) is 0 Å². The van der Waals surface area contributed by atoms with Gasteiger partial charge in [0.1, 0.15) is 4.88 Å². The third-order valence-electron chi connectivity index (χ3n) is 3.55. The van der Waals surface area contributed by atoms with E-state index in [4.69, 9.17) is 4.74 Å². The summed E-state index contributed by atoms with van der Waals surface area (Å²) in [6.45, 7) is 5.65. The quantitative estimate of drug-likeness (QED) is 0.822. The first-order valence-corrected chi connectivity index (χ1v) is 8.43. The van der Waals surface area contributed by atoms with Gasteiger partial charge in [0.05, 0.1) is 6.04 Å². The molecule has 1 aromatic carbocycles. The Labute approximate surface area is 140 Å². The summed E-state index contributed by atoms with van der Waals surface area (Å²) in [6, 6.07) is 11.3. The molecule has 0 fully saturated rings. The minimum absolute atomic E-state index is 0.127. The van der Waals surface area contributed by atoms with Crippen LogP contribution in [0.5, 0.6) is 0 Å². The number of carbonyl (C=O) groups is 2. The van der Waals surface area contributed by atoms with Crippen molar-refractivity contribution in [1.82, 2.24) is 5.32 Å². The average Bonchev–Trinajstić information content (AvgIpc) is 2.94. The van der Waals surface area contributed by atoms with E-state index in [0.29, 0.717) is 4.88 Å². The van der Waals surface area contributed by atoms with Crippen LogP contribution in [0, 0.1) is 6.92 Å². The van der Waals surface area contributed by atoms with Crippen molar-refractivity contribution < 1.29 is 14.3 Å². The van der Waals surface area contributed by atoms with Crippen LogP contribution >= 0.6 is 11.3 Å². The number of ether oxygens (including phenoxy) is 1. The molecule has 0 saturated heterocycles. The molecule has 2 aromatic rings. The zero-order valence-electron chi connectivity index (χ0n) is 13.6. The highest BCUT2D eigenvalue weighted by atomic mass is 32.1. The van der Waals surface area contributed by atoms with Gasteiger partial charge in [0, 0.05) is 4.88 Å². The van der Waals surface area contributed by atoms with E-state index in [0.717, 1.165) is 17.5 Å². The van der Waals surface area contributed by atoms with E-state index in [2.05, 4.69) is 5.32 Å². The number of nitrogens with one attached hydrogen (secondary N) is 1. The lowest BCUT2D eigenvalue weighted by Gasteiger charge is -2.14. The van der Waals surface area contributed by atoms with Crippen LogP contribution in [0.25, 0.3) is 0 Å². The van der Waals surface area contributed by atoms with Gasteiger partial charge in [-0.05, 0) is 37.5 Å². The Hall–Kier alpha value is -2.14. The fourth-order valence-electron chi connectivity index (χ4n) is 2.28. The molecule has 0 radical (unpaired) electrons. The first kappa shape index (κ1) is 17.2. The van der Waals surface area contributed by atoms with E-state index < -0.39 is 5.97 Å². The minimum atomic E-state index is -0.444. The molecule has 0 saturated carbocycles. The van der Waals surface area contributed by atoms with Crippen molar-refractivity contribution >= 4 is 23.2 Å². The number of thiophene rings is 1. The van der Waals surface area contributed by atoms with Crippen LogP contribution in [-0.4, -0.2) is 18.5 Å². The summed E-state index contributed by atoms with van der Waals surface area (Å²) in [4.78, 5) is 25.6. The predicted molar refractivity (Wildman–Crippen MR) is 91.7 cm³/mol.